The molecule has 1 aromatic heterocycles. The Morgan fingerprint density at radius 1 is 0.491 bits per heavy atom. The number of furan rings is 1. The molecule has 0 fully saturated rings. The van der Waals surface area contributed by atoms with Gasteiger partial charge in [0.05, 0.1) is 23.2 Å². The van der Waals surface area contributed by atoms with E-state index in [1.54, 1.807) is 0 Å². The third-order valence-corrected chi connectivity index (χ3v) is 10.1. The molecule has 0 radical (unpaired) electrons. The highest BCUT2D eigenvalue weighted by atomic mass is 16.3. The van der Waals surface area contributed by atoms with Gasteiger partial charge in [0.1, 0.15) is 11.2 Å². The molecular weight excluding hydrogens is 697 g/mol. The van der Waals surface area contributed by atoms with Gasteiger partial charge in [-0.2, -0.15) is 0 Å². The molecule has 9 rings (SSSR count). The number of para-hydroxylation sites is 1. The van der Waals surface area contributed by atoms with Crippen molar-refractivity contribution in [1.82, 2.24) is 0 Å². The Balaban J connectivity index is 1.25. The van der Waals surface area contributed by atoms with E-state index in [1.165, 1.54) is 11.1 Å². The molecule has 57 heavy (non-hydrogen) atoms. The zero-order valence-corrected chi connectivity index (χ0v) is 31.2. The van der Waals surface area contributed by atoms with E-state index in [1.807, 2.05) is 72.8 Å². The molecular formula is C52H38N4O. The average Bonchev–Trinajstić information content (AvgIpc) is 3.69. The highest BCUT2D eigenvalue weighted by molar-refractivity contribution is 6.22. The molecule has 0 N–H and O–H groups in total. The molecule has 9 aromatic rings. The van der Waals surface area contributed by atoms with Crippen molar-refractivity contribution in [2.24, 2.45) is 15.0 Å². The first-order valence-corrected chi connectivity index (χ1v) is 19.0. The Morgan fingerprint density at radius 3 is 1.58 bits per heavy atom. The van der Waals surface area contributed by atoms with E-state index in [-0.39, 0.29) is 0 Å². The van der Waals surface area contributed by atoms with Crippen molar-refractivity contribution in [3.8, 4) is 22.3 Å². The molecule has 0 spiro atoms. The first-order valence-electron chi connectivity index (χ1n) is 19.0. The topological polar surface area (TPSA) is 53.5 Å². The van der Waals surface area contributed by atoms with Crippen molar-refractivity contribution >= 4 is 57.4 Å². The van der Waals surface area contributed by atoms with E-state index in [0.29, 0.717) is 23.8 Å². The second kappa shape index (κ2) is 16.0. The number of hydrogen-bond donors (Lipinski definition) is 0. The molecule has 0 bridgehead atoms. The predicted molar refractivity (Wildman–Crippen MR) is 238 cm³/mol. The molecule has 0 aliphatic heterocycles. The van der Waals surface area contributed by atoms with Crippen LogP contribution in [0.3, 0.4) is 0 Å². The number of rotatable bonds is 9. The van der Waals surface area contributed by atoms with Crippen LogP contribution in [0.4, 0.5) is 17.1 Å². The van der Waals surface area contributed by atoms with Gasteiger partial charge in [-0.25, -0.2) is 9.98 Å². The lowest BCUT2D eigenvalue weighted by atomic mass is 10.0. The zero-order chi connectivity index (χ0) is 38.4. The van der Waals surface area contributed by atoms with Gasteiger partial charge in [-0.1, -0.05) is 164 Å². The van der Waals surface area contributed by atoms with Crippen molar-refractivity contribution in [3.05, 3.63) is 223 Å². The minimum Gasteiger partial charge on any atom is -0.455 e. The van der Waals surface area contributed by atoms with Crippen molar-refractivity contribution in [3.63, 3.8) is 0 Å². The van der Waals surface area contributed by atoms with Gasteiger partial charge in [0.25, 0.3) is 0 Å². The Hall–Kier alpha value is -7.63. The van der Waals surface area contributed by atoms with Crippen LogP contribution >= 0.6 is 0 Å². The Kier molecular flexibility index (Phi) is 9.85. The summed E-state index contributed by atoms with van der Waals surface area (Å²) in [5.74, 6) is 0.987. The lowest BCUT2D eigenvalue weighted by Crippen LogP contribution is -2.11. The standard InChI is InChI=1S/C52H38N4O/c1-53-51(42-22-12-5-13-23-42)55-52(54-36-37-16-6-2-7-17-37)46-34-35-47(49-45-24-14-15-25-48(45)57-50(46)49)56(43-30-26-40(27-31-43)38-18-8-3-9-19-38)44-32-28-41(29-33-44)39-20-10-4-11-21-39/h2-35H,1,36H2. The Morgan fingerprint density at radius 2 is 1.00 bits per heavy atom. The third kappa shape index (κ3) is 7.30. The van der Waals surface area contributed by atoms with Crippen LogP contribution in [0.2, 0.25) is 0 Å². The summed E-state index contributed by atoms with van der Waals surface area (Å²) in [4.78, 5) is 16.9. The van der Waals surface area contributed by atoms with E-state index >= 15 is 0 Å². The Labute approximate surface area is 332 Å². The van der Waals surface area contributed by atoms with Crippen LogP contribution in [0, 0.1) is 0 Å². The summed E-state index contributed by atoms with van der Waals surface area (Å²) in [6.07, 6.45) is 0. The van der Waals surface area contributed by atoms with Gasteiger partial charge in [-0.3, -0.25) is 4.99 Å². The minimum atomic E-state index is 0.427. The second-order valence-electron chi connectivity index (χ2n) is 13.7. The SMILES string of the molecule is C=NC(=NC(=NCc1ccccc1)c1ccc(N(c2ccc(-c3ccccc3)cc2)c2ccc(-c3ccccc3)cc2)c2c1oc1ccccc12)c1ccccc1. The smallest absolute Gasteiger partial charge is 0.161 e. The van der Waals surface area contributed by atoms with Gasteiger partial charge < -0.3 is 9.32 Å². The maximum Gasteiger partial charge on any atom is 0.161 e. The number of fused-ring (bicyclic) bond motifs is 3. The monoisotopic (exact) mass is 734 g/mol. The number of hydrogen-bond acceptors (Lipinski definition) is 3. The normalized spacial score (nSPS) is 11.9. The summed E-state index contributed by atoms with van der Waals surface area (Å²) in [6, 6.07) is 70.9. The fourth-order valence-corrected chi connectivity index (χ4v) is 7.28. The van der Waals surface area contributed by atoms with Crippen molar-refractivity contribution in [2.75, 3.05) is 4.90 Å². The summed E-state index contributed by atoms with van der Waals surface area (Å²) in [7, 11) is 0. The molecule has 0 aliphatic rings. The third-order valence-electron chi connectivity index (χ3n) is 10.1. The van der Waals surface area contributed by atoms with Gasteiger partial charge in [-0.15, -0.1) is 0 Å². The highest BCUT2D eigenvalue weighted by Gasteiger charge is 2.24. The van der Waals surface area contributed by atoms with Crippen LogP contribution in [-0.2, 0) is 6.54 Å². The minimum absolute atomic E-state index is 0.427. The van der Waals surface area contributed by atoms with Gasteiger partial charge in [0.15, 0.2) is 11.7 Å². The number of nitrogens with zero attached hydrogens (tertiary/aromatic N) is 4. The van der Waals surface area contributed by atoms with Crippen molar-refractivity contribution in [1.29, 1.82) is 0 Å². The average molecular weight is 735 g/mol. The molecule has 0 saturated carbocycles. The molecule has 0 amide bonds. The highest BCUT2D eigenvalue weighted by Crippen LogP contribution is 2.45. The van der Waals surface area contributed by atoms with E-state index < -0.39 is 0 Å². The maximum absolute atomic E-state index is 6.83. The van der Waals surface area contributed by atoms with Crippen LogP contribution in [0.25, 0.3) is 44.2 Å². The van der Waals surface area contributed by atoms with E-state index in [4.69, 9.17) is 14.4 Å². The second-order valence-corrected chi connectivity index (χ2v) is 13.7. The Bertz CT molecular complexity index is 2760. The van der Waals surface area contributed by atoms with Crippen LogP contribution in [0.5, 0.6) is 0 Å². The van der Waals surface area contributed by atoms with Crippen molar-refractivity contribution < 1.29 is 4.42 Å². The lowest BCUT2D eigenvalue weighted by molar-refractivity contribution is 0.668. The molecule has 0 aliphatic carbocycles. The summed E-state index contributed by atoms with van der Waals surface area (Å²) in [6.45, 7) is 4.32. The first kappa shape index (κ1) is 35.1. The summed E-state index contributed by atoms with van der Waals surface area (Å²) < 4.78 is 6.83. The summed E-state index contributed by atoms with van der Waals surface area (Å²) in [5, 5.41) is 1.95. The predicted octanol–water partition coefficient (Wildman–Crippen LogP) is 13.5. The van der Waals surface area contributed by atoms with Gasteiger partial charge >= 0.3 is 0 Å². The molecule has 272 valence electrons. The molecule has 1 heterocycles. The van der Waals surface area contributed by atoms with Gasteiger partial charge in [0.2, 0.25) is 0 Å². The summed E-state index contributed by atoms with van der Waals surface area (Å²) >= 11 is 0. The van der Waals surface area contributed by atoms with Crippen LogP contribution in [0.15, 0.2) is 226 Å². The molecule has 8 aromatic carbocycles. The summed E-state index contributed by atoms with van der Waals surface area (Å²) in [5.41, 5.74) is 11.8. The van der Waals surface area contributed by atoms with Crippen LogP contribution in [-0.4, -0.2) is 18.4 Å². The number of anilines is 3. The van der Waals surface area contributed by atoms with Crippen LogP contribution in [0.1, 0.15) is 16.7 Å². The number of aliphatic imine (C=N–C) groups is 3. The van der Waals surface area contributed by atoms with Crippen molar-refractivity contribution in [2.45, 2.75) is 6.54 Å². The number of benzene rings is 8. The molecule has 0 atom stereocenters. The zero-order valence-electron chi connectivity index (χ0n) is 31.2. The van der Waals surface area contributed by atoms with Gasteiger partial charge in [0, 0.05) is 22.3 Å². The van der Waals surface area contributed by atoms with Gasteiger partial charge in [-0.05, 0) is 77.0 Å². The fourth-order valence-electron chi connectivity index (χ4n) is 7.28. The largest absolute Gasteiger partial charge is 0.455 e. The van der Waals surface area contributed by atoms with E-state index in [9.17, 15) is 0 Å². The van der Waals surface area contributed by atoms with Crippen LogP contribution < -0.4 is 4.90 Å². The quantitative estimate of drug-likeness (QED) is 0.109. The molecule has 0 saturated heterocycles. The molecule has 5 nitrogen and oxygen atoms in total. The maximum atomic E-state index is 6.83. The fraction of sp³-hybridized carbons (Fsp3) is 0.0192. The molecule has 0 unspecified atom stereocenters. The number of amidine groups is 2. The molecule has 5 heteroatoms. The van der Waals surface area contributed by atoms with E-state index in [0.717, 1.165) is 61.2 Å². The lowest BCUT2D eigenvalue weighted by Gasteiger charge is -2.27. The van der Waals surface area contributed by atoms with E-state index in [2.05, 4.69) is 150 Å². The first-order chi connectivity index (χ1) is 28.2.